The smallest absolute Gasteiger partial charge is 0.226 e. The monoisotopic (exact) mass is 437 g/mol. The van der Waals surface area contributed by atoms with E-state index in [1.807, 2.05) is 55.5 Å². The fraction of sp³-hybridized carbons (Fsp3) is 0.227. The van der Waals surface area contributed by atoms with E-state index in [-0.39, 0.29) is 18.1 Å². The maximum atomic E-state index is 13.2. The fourth-order valence-corrected chi connectivity index (χ4v) is 3.91. The Bertz CT molecular complexity index is 1050. The molecule has 4 rings (SSSR count). The summed E-state index contributed by atoms with van der Waals surface area (Å²) >= 11 is 3.43. The first-order valence-electron chi connectivity index (χ1n) is 9.26. The van der Waals surface area contributed by atoms with E-state index in [1.165, 1.54) is 5.56 Å². The molecule has 142 valence electrons. The minimum Gasteiger partial charge on any atom is -0.310 e. The van der Waals surface area contributed by atoms with Crippen LogP contribution in [-0.2, 0) is 11.2 Å². The van der Waals surface area contributed by atoms with Gasteiger partial charge in [0.1, 0.15) is 5.82 Å². The van der Waals surface area contributed by atoms with Crippen molar-refractivity contribution in [2.45, 2.75) is 32.6 Å². The normalized spacial score (nSPS) is 15.8. The number of aromatic nitrogens is 2. The van der Waals surface area contributed by atoms with Gasteiger partial charge < -0.3 is 5.32 Å². The Morgan fingerprint density at radius 3 is 2.50 bits per heavy atom. The molecule has 0 radical (unpaired) electrons. The van der Waals surface area contributed by atoms with Crippen LogP contribution in [-0.4, -0.2) is 21.5 Å². The number of fused-ring (bicyclic) bond motifs is 1. The Morgan fingerprint density at radius 2 is 1.86 bits per heavy atom. The lowest BCUT2D eigenvalue weighted by atomic mass is 9.85. The maximum Gasteiger partial charge on any atom is 0.226 e. The molecule has 28 heavy (non-hydrogen) atoms. The number of halogens is 1. The molecule has 5 nitrogen and oxygen atoms in total. The average Bonchev–Trinajstić information content (AvgIpc) is 3.03. The van der Waals surface area contributed by atoms with Gasteiger partial charge in [-0.25, -0.2) is 4.68 Å². The highest BCUT2D eigenvalue weighted by atomic mass is 79.9. The van der Waals surface area contributed by atoms with Gasteiger partial charge in [0, 0.05) is 22.0 Å². The number of Topliss-reactive ketones (excluding diaryl/α,β-unsaturated/α-hetero) is 1. The number of rotatable bonds is 4. The van der Waals surface area contributed by atoms with Crippen LogP contribution in [0, 0.1) is 6.92 Å². The van der Waals surface area contributed by atoms with Gasteiger partial charge >= 0.3 is 0 Å². The number of aryl methyl sites for hydroxylation is 2. The molecule has 1 aliphatic heterocycles. The number of carbonyl (C=O) groups is 2. The summed E-state index contributed by atoms with van der Waals surface area (Å²) in [4.78, 5) is 25.6. The van der Waals surface area contributed by atoms with Gasteiger partial charge in [-0.2, -0.15) is 5.10 Å². The van der Waals surface area contributed by atoms with Crippen LogP contribution < -0.4 is 5.32 Å². The number of hydrogen-bond acceptors (Lipinski definition) is 3. The van der Waals surface area contributed by atoms with Gasteiger partial charge in [-0.1, -0.05) is 47.1 Å². The molecule has 1 atom stereocenters. The molecule has 0 fully saturated rings. The van der Waals surface area contributed by atoms with E-state index in [0.29, 0.717) is 11.4 Å². The fourth-order valence-electron chi connectivity index (χ4n) is 3.65. The molecular formula is C22H20BrN3O2. The van der Waals surface area contributed by atoms with E-state index in [9.17, 15) is 9.59 Å². The Morgan fingerprint density at radius 1 is 1.18 bits per heavy atom. The van der Waals surface area contributed by atoms with Crippen molar-refractivity contribution in [1.29, 1.82) is 0 Å². The summed E-state index contributed by atoms with van der Waals surface area (Å²) in [5.74, 6) is -0.161. The molecule has 3 aromatic rings. The Hall–Kier alpha value is -2.73. The van der Waals surface area contributed by atoms with Crippen molar-refractivity contribution in [1.82, 2.24) is 9.78 Å². The molecule has 2 aromatic carbocycles. The number of nitrogens with one attached hydrogen (secondary N) is 1. The topological polar surface area (TPSA) is 64.0 Å². The van der Waals surface area contributed by atoms with Crippen molar-refractivity contribution in [3.8, 4) is 5.69 Å². The number of anilines is 1. The summed E-state index contributed by atoms with van der Waals surface area (Å²) in [5.41, 5.74) is 4.18. The zero-order chi connectivity index (χ0) is 19.8. The van der Waals surface area contributed by atoms with Crippen molar-refractivity contribution >= 4 is 33.4 Å². The molecule has 0 bridgehead atoms. The molecule has 2 heterocycles. The van der Waals surface area contributed by atoms with Crippen molar-refractivity contribution in [3.05, 3.63) is 75.4 Å². The van der Waals surface area contributed by atoms with Gasteiger partial charge in [-0.3, -0.25) is 9.59 Å². The second-order valence-electron chi connectivity index (χ2n) is 6.96. The Kier molecular flexibility index (Phi) is 4.89. The van der Waals surface area contributed by atoms with Crippen LogP contribution in [0.2, 0.25) is 0 Å². The number of benzene rings is 2. The zero-order valence-corrected chi connectivity index (χ0v) is 17.3. The predicted octanol–water partition coefficient (Wildman–Crippen LogP) is 4.81. The van der Waals surface area contributed by atoms with Crippen LogP contribution in [0.4, 0.5) is 5.82 Å². The van der Waals surface area contributed by atoms with Gasteiger partial charge in [-0.15, -0.1) is 0 Å². The van der Waals surface area contributed by atoms with Crippen LogP contribution in [0.1, 0.15) is 46.4 Å². The average molecular weight is 438 g/mol. The second-order valence-corrected chi connectivity index (χ2v) is 7.87. The van der Waals surface area contributed by atoms with Crippen LogP contribution in [0.3, 0.4) is 0 Å². The van der Waals surface area contributed by atoms with Crippen molar-refractivity contribution in [3.63, 3.8) is 0 Å². The molecule has 0 aliphatic carbocycles. The largest absolute Gasteiger partial charge is 0.310 e. The number of carbonyl (C=O) groups excluding carboxylic acids is 2. The Balaban J connectivity index is 1.77. The third-order valence-corrected chi connectivity index (χ3v) is 5.67. The van der Waals surface area contributed by atoms with E-state index in [0.717, 1.165) is 27.8 Å². The molecule has 0 unspecified atom stereocenters. The van der Waals surface area contributed by atoms with Gasteiger partial charge in [0.25, 0.3) is 0 Å². The molecule has 0 spiro atoms. The molecule has 1 aliphatic rings. The molecule has 1 N–H and O–H groups in total. The number of nitrogens with zero attached hydrogens (tertiary/aromatic N) is 2. The standard InChI is InChI=1S/C22H20BrN3O2/c1-3-14-4-6-15(7-5-14)21(28)18-12-19(27)24-22-20(18)13(2)25-26(22)17-10-8-16(23)9-11-17/h4-11,18H,3,12H2,1-2H3,(H,24,27)/t18-/m0/s1. The number of amides is 1. The molecule has 0 saturated carbocycles. The third kappa shape index (κ3) is 3.29. The third-order valence-electron chi connectivity index (χ3n) is 5.14. The van der Waals surface area contributed by atoms with Gasteiger partial charge in [-0.05, 0) is 43.2 Å². The zero-order valence-electron chi connectivity index (χ0n) is 15.7. The van der Waals surface area contributed by atoms with E-state index in [1.54, 1.807) is 4.68 Å². The van der Waals surface area contributed by atoms with E-state index in [4.69, 9.17) is 0 Å². The highest BCUT2D eigenvalue weighted by molar-refractivity contribution is 9.10. The SMILES string of the molecule is CCc1ccc(C(=O)[C@H]2CC(=O)Nc3c2c(C)nn3-c2ccc(Br)cc2)cc1. The summed E-state index contributed by atoms with van der Waals surface area (Å²) in [6, 6.07) is 15.3. The van der Waals surface area contributed by atoms with E-state index in [2.05, 4.69) is 33.3 Å². The summed E-state index contributed by atoms with van der Waals surface area (Å²) in [6.45, 7) is 3.96. The highest BCUT2D eigenvalue weighted by Crippen LogP contribution is 2.38. The predicted molar refractivity (Wildman–Crippen MR) is 112 cm³/mol. The molecule has 1 amide bonds. The van der Waals surface area contributed by atoms with Crippen LogP contribution in [0.5, 0.6) is 0 Å². The van der Waals surface area contributed by atoms with Crippen molar-refractivity contribution in [2.75, 3.05) is 5.32 Å². The maximum absolute atomic E-state index is 13.2. The summed E-state index contributed by atoms with van der Waals surface area (Å²) in [5, 5.41) is 7.53. The molecule has 6 heteroatoms. The van der Waals surface area contributed by atoms with Crippen molar-refractivity contribution in [2.24, 2.45) is 0 Å². The van der Waals surface area contributed by atoms with Crippen LogP contribution in [0.25, 0.3) is 5.69 Å². The first-order valence-corrected chi connectivity index (χ1v) is 10.1. The first kappa shape index (κ1) is 18.6. The van der Waals surface area contributed by atoms with Gasteiger partial charge in [0.05, 0.1) is 17.3 Å². The van der Waals surface area contributed by atoms with Gasteiger partial charge in [0.2, 0.25) is 5.91 Å². The lowest BCUT2D eigenvalue weighted by Crippen LogP contribution is -2.28. The minimum absolute atomic E-state index is 0.0443. The summed E-state index contributed by atoms with van der Waals surface area (Å²) in [7, 11) is 0. The summed E-state index contributed by atoms with van der Waals surface area (Å²) < 4.78 is 2.66. The van der Waals surface area contributed by atoms with Gasteiger partial charge in [0.15, 0.2) is 5.78 Å². The number of hydrogen-bond donors (Lipinski definition) is 1. The Labute approximate surface area is 171 Å². The highest BCUT2D eigenvalue weighted by Gasteiger charge is 2.36. The molecular weight excluding hydrogens is 418 g/mol. The molecule has 1 aromatic heterocycles. The lowest BCUT2D eigenvalue weighted by Gasteiger charge is -2.23. The van der Waals surface area contributed by atoms with Crippen LogP contribution in [0.15, 0.2) is 53.0 Å². The lowest BCUT2D eigenvalue weighted by molar-refractivity contribution is -0.116. The van der Waals surface area contributed by atoms with E-state index < -0.39 is 5.92 Å². The second kappa shape index (κ2) is 7.36. The first-order chi connectivity index (χ1) is 13.5. The van der Waals surface area contributed by atoms with Crippen molar-refractivity contribution < 1.29 is 9.59 Å². The van der Waals surface area contributed by atoms with E-state index >= 15 is 0 Å². The number of ketones is 1. The van der Waals surface area contributed by atoms with Crippen LogP contribution >= 0.6 is 15.9 Å². The minimum atomic E-state index is -0.527. The molecule has 0 saturated heterocycles. The quantitative estimate of drug-likeness (QED) is 0.595. The summed E-state index contributed by atoms with van der Waals surface area (Å²) in [6.07, 6.45) is 1.05.